The molecule has 2 N–H and O–H groups in total. The van der Waals surface area contributed by atoms with Gasteiger partial charge < -0.3 is 10.4 Å². The lowest BCUT2D eigenvalue weighted by atomic mass is 10.0. The zero-order valence-electron chi connectivity index (χ0n) is 6.88. The lowest BCUT2D eigenvalue weighted by Gasteiger charge is -2.03. The Hall–Kier alpha value is -0.900. The average molecular weight is 171 g/mol. The zero-order chi connectivity index (χ0) is 8.97. The highest BCUT2D eigenvalue weighted by molar-refractivity contribution is 5.83. The molecule has 1 aliphatic heterocycles. The van der Waals surface area contributed by atoms with Gasteiger partial charge in [-0.25, -0.2) is 0 Å². The number of ketones is 1. The minimum Gasteiger partial charge on any atom is -0.389 e. The predicted molar refractivity (Wildman–Crippen MR) is 42.4 cm³/mol. The lowest BCUT2D eigenvalue weighted by Crippen LogP contribution is -2.19. The highest BCUT2D eigenvalue weighted by Crippen LogP contribution is 2.15. The monoisotopic (exact) mass is 171 g/mol. The van der Waals surface area contributed by atoms with E-state index in [1.54, 1.807) is 0 Å². The molecule has 0 aromatic rings. The molecule has 1 saturated heterocycles. The number of hydrogen-bond donors (Lipinski definition) is 2. The van der Waals surface area contributed by atoms with Gasteiger partial charge >= 0.3 is 0 Å². The molecule has 0 aliphatic carbocycles. The van der Waals surface area contributed by atoms with E-state index < -0.39 is 6.61 Å². The fourth-order valence-electron chi connectivity index (χ4n) is 1.33. The van der Waals surface area contributed by atoms with Crippen LogP contribution in [0.2, 0.25) is 0 Å². The van der Waals surface area contributed by atoms with Crippen molar-refractivity contribution in [3.8, 4) is 0 Å². The molecule has 0 saturated carbocycles. The minimum atomic E-state index is -0.408. The van der Waals surface area contributed by atoms with E-state index in [0.29, 0.717) is 12.8 Å². The number of amides is 1. The first-order chi connectivity index (χ1) is 5.74. The maximum absolute atomic E-state index is 11.0. The van der Waals surface area contributed by atoms with E-state index in [4.69, 9.17) is 5.11 Å². The second kappa shape index (κ2) is 4.21. The van der Waals surface area contributed by atoms with Gasteiger partial charge in [-0.3, -0.25) is 9.59 Å². The molecule has 0 aromatic carbocycles. The van der Waals surface area contributed by atoms with E-state index in [-0.39, 0.29) is 17.6 Å². The largest absolute Gasteiger partial charge is 0.389 e. The molecule has 68 valence electrons. The second-order valence-corrected chi connectivity index (χ2v) is 3.01. The van der Waals surface area contributed by atoms with Crippen molar-refractivity contribution < 1.29 is 14.7 Å². The molecule has 0 aromatic heterocycles. The Bertz CT molecular complexity index is 191. The molecule has 0 radical (unpaired) electrons. The van der Waals surface area contributed by atoms with Crippen molar-refractivity contribution in [2.75, 3.05) is 13.2 Å². The normalized spacial score (nSPS) is 22.4. The first-order valence-electron chi connectivity index (χ1n) is 4.14. The Labute approximate surface area is 71.0 Å². The first-order valence-corrected chi connectivity index (χ1v) is 4.14. The second-order valence-electron chi connectivity index (χ2n) is 3.01. The minimum absolute atomic E-state index is 0.0134. The standard InChI is InChI=1S/C8H13NO3/c10-5-7(11)2-1-6-3-4-9-8(6)12/h6,10H,1-5H2,(H,9,12)/t6-/m0/s1. The fourth-order valence-corrected chi connectivity index (χ4v) is 1.33. The van der Waals surface area contributed by atoms with E-state index in [2.05, 4.69) is 5.32 Å². The number of aliphatic hydroxyl groups is 1. The van der Waals surface area contributed by atoms with Crippen LogP contribution in [0.4, 0.5) is 0 Å². The fraction of sp³-hybridized carbons (Fsp3) is 0.750. The molecular formula is C8H13NO3. The number of Topliss-reactive ketones (excluding diaryl/α,β-unsaturated/α-hetero) is 1. The Morgan fingerprint density at radius 2 is 2.42 bits per heavy atom. The SMILES string of the molecule is O=C(CO)CC[C@H]1CCNC1=O. The number of carbonyl (C=O) groups excluding carboxylic acids is 2. The van der Waals surface area contributed by atoms with Gasteiger partial charge in [0, 0.05) is 18.9 Å². The van der Waals surface area contributed by atoms with E-state index in [9.17, 15) is 9.59 Å². The van der Waals surface area contributed by atoms with E-state index in [0.717, 1.165) is 13.0 Å². The third-order valence-electron chi connectivity index (χ3n) is 2.11. The number of nitrogens with one attached hydrogen (secondary N) is 1. The van der Waals surface area contributed by atoms with E-state index >= 15 is 0 Å². The zero-order valence-corrected chi connectivity index (χ0v) is 6.88. The molecule has 1 heterocycles. The van der Waals surface area contributed by atoms with Crippen LogP contribution in [0.5, 0.6) is 0 Å². The molecule has 0 unspecified atom stereocenters. The van der Waals surface area contributed by atoms with Gasteiger partial charge in [0.1, 0.15) is 6.61 Å². The molecule has 1 amide bonds. The van der Waals surface area contributed by atoms with Crippen molar-refractivity contribution in [1.82, 2.24) is 5.32 Å². The molecule has 1 atom stereocenters. The van der Waals surface area contributed by atoms with Crippen molar-refractivity contribution in [3.63, 3.8) is 0 Å². The molecule has 0 spiro atoms. The maximum atomic E-state index is 11.0. The summed E-state index contributed by atoms with van der Waals surface area (Å²) < 4.78 is 0. The molecule has 4 heteroatoms. The van der Waals surface area contributed by atoms with Crippen LogP contribution in [0, 0.1) is 5.92 Å². The van der Waals surface area contributed by atoms with Crippen molar-refractivity contribution in [3.05, 3.63) is 0 Å². The molecule has 1 rings (SSSR count). The van der Waals surface area contributed by atoms with Gasteiger partial charge in [0.15, 0.2) is 5.78 Å². The molecular weight excluding hydrogens is 158 g/mol. The summed E-state index contributed by atoms with van der Waals surface area (Å²) in [6, 6.07) is 0. The molecule has 4 nitrogen and oxygen atoms in total. The van der Waals surface area contributed by atoms with Gasteiger partial charge in [-0.05, 0) is 12.8 Å². The molecule has 1 fully saturated rings. The van der Waals surface area contributed by atoms with Crippen molar-refractivity contribution in [1.29, 1.82) is 0 Å². The topological polar surface area (TPSA) is 66.4 Å². The summed E-state index contributed by atoms with van der Waals surface area (Å²) in [7, 11) is 0. The van der Waals surface area contributed by atoms with Crippen LogP contribution in [-0.4, -0.2) is 29.9 Å². The molecule has 1 aliphatic rings. The average Bonchev–Trinajstić information content (AvgIpc) is 2.47. The molecule has 0 bridgehead atoms. The number of carbonyl (C=O) groups is 2. The number of hydrogen-bond acceptors (Lipinski definition) is 3. The van der Waals surface area contributed by atoms with Gasteiger partial charge in [0.2, 0.25) is 5.91 Å². The Morgan fingerprint density at radius 3 is 2.92 bits per heavy atom. The maximum Gasteiger partial charge on any atom is 0.223 e. The highest BCUT2D eigenvalue weighted by atomic mass is 16.3. The lowest BCUT2D eigenvalue weighted by molar-refractivity contribution is -0.124. The third-order valence-corrected chi connectivity index (χ3v) is 2.11. The van der Waals surface area contributed by atoms with Crippen molar-refractivity contribution >= 4 is 11.7 Å². The Morgan fingerprint density at radius 1 is 1.67 bits per heavy atom. The summed E-state index contributed by atoms with van der Waals surface area (Å²) in [6.07, 6.45) is 1.71. The van der Waals surface area contributed by atoms with Crippen LogP contribution < -0.4 is 5.32 Å². The van der Waals surface area contributed by atoms with Crippen molar-refractivity contribution in [2.24, 2.45) is 5.92 Å². The summed E-state index contributed by atoms with van der Waals surface area (Å²) in [4.78, 5) is 21.7. The van der Waals surface area contributed by atoms with Crippen molar-refractivity contribution in [2.45, 2.75) is 19.3 Å². The Balaban J connectivity index is 2.22. The van der Waals surface area contributed by atoms with E-state index in [1.807, 2.05) is 0 Å². The first kappa shape index (κ1) is 9.19. The quantitative estimate of drug-likeness (QED) is 0.597. The number of aliphatic hydroxyl groups excluding tert-OH is 1. The summed E-state index contributed by atoms with van der Waals surface area (Å²) in [6.45, 7) is 0.311. The summed E-state index contributed by atoms with van der Waals surface area (Å²) in [5, 5.41) is 11.1. The van der Waals surface area contributed by atoms with Gasteiger partial charge in [0.25, 0.3) is 0 Å². The van der Waals surface area contributed by atoms with Gasteiger partial charge in [-0.1, -0.05) is 0 Å². The van der Waals surface area contributed by atoms with Crippen LogP contribution >= 0.6 is 0 Å². The number of rotatable bonds is 4. The highest BCUT2D eigenvalue weighted by Gasteiger charge is 2.23. The van der Waals surface area contributed by atoms with Gasteiger partial charge in [0.05, 0.1) is 0 Å². The van der Waals surface area contributed by atoms with Crippen LogP contribution in [0.3, 0.4) is 0 Å². The van der Waals surface area contributed by atoms with Crippen LogP contribution in [0.1, 0.15) is 19.3 Å². The predicted octanol–water partition coefficient (Wildman–Crippen LogP) is -0.536. The van der Waals surface area contributed by atoms with Crippen LogP contribution in [0.15, 0.2) is 0 Å². The smallest absolute Gasteiger partial charge is 0.223 e. The summed E-state index contributed by atoms with van der Waals surface area (Å²) >= 11 is 0. The van der Waals surface area contributed by atoms with E-state index in [1.165, 1.54) is 0 Å². The third kappa shape index (κ3) is 2.30. The van der Waals surface area contributed by atoms with Crippen LogP contribution in [0.25, 0.3) is 0 Å². The van der Waals surface area contributed by atoms with Gasteiger partial charge in [-0.15, -0.1) is 0 Å². The summed E-state index contributed by atoms with van der Waals surface area (Å²) in [5.41, 5.74) is 0. The molecule has 12 heavy (non-hydrogen) atoms. The Kier molecular flexibility index (Phi) is 3.22. The summed E-state index contributed by atoms with van der Waals surface area (Å²) in [5.74, 6) is -0.157. The van der Waals surface area contributed by atoms with Gasteiger partial charge in [-0.2, -0.15) is 0 Å². The van der Waals surface area contributed by atoms with Crippen LogP contribution in [-0.2, 0) is 9.59 Å².